The lowest BCUT2D eigenvalue weighted by atomic mass is 9.89. The summed E-state index contributed by atoms with van der Waals surface area (Å²) in [5, 5.41) is 2.86. The minimum Gasteiger partial charge on any atom is -0.370 e. The van der Waals surface area contributed by atoms with Crippen molar-refractivity contribution in [1.29, 1.82) is 0 Å². The zero-order valence-corrected chi connectivity index (χ0v) is 22.4. The predicted octanol–water partition coefficient (Wildman–Crippen LogP) is 2.89. The summed E-state index contributed by atoms with van der Waals surface area (Å²) in [5.41, 5.74) is 13.6. The molecule has 1 aliphatic rings. The van der Waals surface area contributed by atoms with Gasteiger partial charge in [-0.15, -0.1) is 0 Å². The molecule has 1 aliphatic heterocycles. The molecule has 0 radical (unpaired) electrons. The highest BCUT2D eigenvalue weighted by Gasteiger charge is 2.31. The number of sulfone groups is 1. The Morgan fingerprint density at radius 2 is 1.56 bits per heavy atom. The molecule has 2 rings (SSSR count). The van der Waals surface area contributed by atoms with Gasteiger partial charge in [-0.3, -0.25) is 14.7 Å². The first-order chi connectivity index (χ1) is 15.8. The number of benzene rings is 1. The molecule has 9 heteroatoms. The van der Waals surface area contributed by atoms with E-state index in [1.165, 1.54) is 5.56 Å². The summed E-state index contributed by atoms with van der Waals surface area (Å²) in [5.74, 6) is 0.374. The first-order valence-electron chi connectivity index (χ1n) is 12.3. The van der Waals surface area contributed by atoms with Gasteiger partial charge in [0, 0.05) is 12.5 Å². The number of hydrogen-bond donors (Lipinski definition) is 3. The Hall–Kier alpha value is -2.13. The van der Waals surface area contributed by atoms with Crippen LogP contribution in [0.5, 0.6) is 0 Å². The molecule has 0 saturated carbocycles. The summed E-state index contributed by atoms with van der Waals surface area (Å²) in [6.45, 7) is 14.4. The van der Waals surface area contributed by atoms with E-state index in [-0.39, 0.29) is 35.5 Å². The summed E-state index contributed by atoms with van der Waals surface area (Å²) in [6, 6.07) is 4.15. The van der Waals surface area contributed by atoms with Crippen LogP contribution in [-0.2, 0) is 14.6 Å². The highest BCUT2D eigenvalue weighted by molar-refractivity contribution is 7.91. The van der Waals surface area contributed by atoms with Crippen LogP contribution >= 0.6 is 0 Å². The molecule has 0 unspecified atom stereocenters. The summed E-state index contributed by atoms with van der Waals surface area (Å²) in [4.78, 5) is 18.7. The summed E-state index contributed by atoms with van der Waals surface area (Å²) >= 11 is 0. The molecule has 1 aromatic carbocycles. The van der Waals surface area contributed by atoms with Crippen LogP contribution in [0.4, 0.5) is 0 Å². The van der Waals surface area contributed by atoms with Crippen molar-refractivity contribution in [3.05, 3.63) is 28.8 Å². The predicted molar refractivity (Wildman–Crippen MR) is 139 cm³/mol. The van der Waals surface area contributed by atoms with Crippen LogP contribution in [0.2, 0.25) is 0 Å². The number of rotatable bonds is 10. The van der Waals surface area contributed by atoms with Gasteiger partial charge in [-0.25, -0.2) is 8.42 Å². The van der Waals surface area contributed by atoms with Crippen molar-refractivity contribution in [3.63, 3.8) is 0 Å². The lowest BCUT2D eigenvalue weighted by Crippen LogP contribution is -2.43. The number of piperidine rings is 1. The minimum atomic E-state index is -3.53. The van der Waals surface area contributed by atoms with Crippen molar-refractivity contribution >= 4 is 21.7 Å². The molecule has 1 saturated heterocycles. The van der Waals surface area contributed by atoms with E-state index >= 15 is 0 Å². The third-order valence-electron chi connectivity index (χ3n) is 6.41. The Balaban J connectivity index is 2.14. The molecular weight excluding hydrogens is 450 g/mol. The van der Waals surface area contributed by atoms with Crippen LogP contribution in [0.1, 0.15) is 88.8 Å². The second-order valence-electron chi connectivity index (χ2n) is 10.2. The fourth-order valence-electron chi connectivity index (χ4n) is 4.39. The van der Waals surface area contributed by atoms with Gasteiger partial charge in [0.1, 0.15) is 5.88 Å². The van der Waals surface area contributed by atoms with Crippen LogP contribution in [0.3, 0.4) is 0 Å². The number of carbonyl (C=O) groups is 1. The summed E-state index contributed by atoms with van der Waals surface area (Å²) in [7, 11) is -3.53. The molecule has 34 heavy (non-hydrogen) atoms. The molecule has 0 bridgehead atoms. The van der Waals surface area contributed by atoms with Gasteiger partial charge in [0.25, 0.3) is 0 Å². The second-order valence-corrected chi connectivity index (χ2v) is 12.1. The van der Waals surface area contributed by atoms with Crippen molar-refractivity contribution in [2.75, 3.05) is 32.1 Å². The highest BCUT2D eigenvalue weighted by atomic mass is 32.2. The molecule has 5 N–H and O–H groups in total. The fourth-order valence-corrected chi connectivity index (χ4v) is 6.56. The van der Waals surface area contributed by atoms with E-state index in [1.54, 1.807) is 0 Å². The second kappa shape index (κ2) is 12.0. The molecule has 0 atom stereocenters. The lowest BCUT2D eigenvalue weighted by molar-refractivity contribution is -0.126. The van der Waals surface area contributed by atoms with Crippen LogP contribution in [0, 0.1) is 5.92 Å². The average molecular weight is 494 g/mol. The van der Waals surface area contributed by atoms with Crippen molar-refractivity contribution in [1.82, 2.24) is 10.2 Å². The first-order valence-corrected chi connectivity index (χ1v) is 13.9. The molecule has 1 fully saturated rings. The number of likely N-dealkylation sites (tertiary alicyclic amines) is 1. The Morgan fingerprint density at radius 3 is 2.00 bits per heavy atom. The minimum absolute atomic E-state index is 0.00357. The number of guanidine groups is 1. The van der Waals surface area contributed by atoms with Crippen molar-refractivity contribution in [3.8, 4) is 0 Å². The van der Waals surface area contributed by atoms with E-state index in [2.05, 4.69) is 64.0 Å². The average Bonchev–Trinajstić information content (AvgIpc) is 2.75. The number of hydrogen-bond acceptors (Lipinski definition) is 5. The van der Waals surface area contributed by atoms with E-state index < -0.39 is 9.84 Å². The van der Waals surface area contributed by atoms with Gasteiger partial charge in [0.2, 0.25) is 5.91 Å². The zero-order valence-electron chi connectivity index (χ0n) is 21.6. The Kier molecular flexibility index (Phi) is 9.94. The van der Waals surface area contributed by atoms with Crippen molar-refractivity contribution in [2.24, 2.45) is 22.4 Å². The quantitative estimate of drug-likeness (QED) is 0.261. The topological polar surface area (TPSA) is 131 Å². The highest BCUT2D eigenvalue weighted by Crippen LogP contribution is 2.36. The van der Waals surface area contributed by atoms with E-state index in [4.69, 9.17) is 11.5 Å². The summed E-state index contributed by atoms with van der Waals surface area (Å²) in [6.07, 6.45) is 1.26. The number of carbonyl (C=O) groups excluding carboxylic acids is 1. The molecule has 1 aromatic rings. The monoisotopic (exact) mass is 493 g/mol. The Bertz CT molecular complexity index is 945. The first kappa shape index (κ1) is 28.1. The maximum atomic E-state index is 13.7. The van der Waals surface area contributed by atoms with Gasteiger partial charge in [-0.2, -0.15) is 0 Å². The molecule has 0 spiro atoms. The number of nitrogens with zero attached hydrogens (tertiary/aromatic N) is 2. The van der Waals surface area contributed by atoms with E-state index in [9.17, 15) is 13.2 Å². The van der Waals surface area contributed by atoms with Gasteiger partial charge < -0.3 is 16.8 Å². The molecule has 8 nitrogen and oxygen atoms in total. The molecule has 1 amide bonds. The van der Waals surface area contributed by atoms with Gasteiger partial charge in [-0.1, -0.05) is 53.7 Å². The fraction of sp³-hybridized carbons (Fsp3) is 0.680. The largest absolute Gasteiger partial charge is 0.370 e. The number of aliphatic imine (C=N–C) groups is 1. The number of amides is 1. The van der Waals surface area contributed by atoms with Crippen molar-refractivity contribution in [2.45, 2.75) is 77.0 Å². The van der Waals surface area contributed by atoms with Crippen LogP contribution in [0.15, 0.2) is 22.0 Å². The molecular formula is C25H43N5O3S. The number of nitrogens with one attached hydrogen (secondary N) is 1. The third-order valence-corrected chi connectivity index (χ3v) is 8.21. The van der Waals surface area contributed by atoms with E-state index in [1.807, 2.05) is 4.90 Å². The van der Waals surface area contributed by atoms with E-state index in [0.717, 1.165) is 11.1 Å². The van der Waals surface area contributed by atoms with Crippen molar-refractivity contribution < 1.29 is 13.2 Å². The Labute approximate surface area is 205 Å². The SMILES string of the molecule is CC(C)c1cc(C(C)C)c(S(=O)(=O)CN2CCC(C(=O)NCCN=C(N)N)CC2)c(C(C)C)c1. The van der Waals surface area contributed by atoms with Gasteiger partial charge in [0.15, 0.2) is 15.8 Å². The van der Waals surface area contributed by atoms with Crippen LogP contribution < -0.4 is 16.8 Å². The molecule has 1 heterocycles. The lowest BCUT2D eigenvalue weighted by Gasteiger charge is -2.32. The maximum absolute atomic E-state index is 13.7. The number of nitrogens with two attached hydrogens (primary N) is 2. The van der Waals surface area contributed by atoms with Gasteiger partial charge >= 0.3 is 0 Å². The van der Waals surface area contributed by atoms with Gasteiger partial charge in [0.05, 0.1) is 11.4 Å². The smallest absolute Gasteiger partial charge is 0.223 e. The molecule has 0 aromatic heterocycles. The molecule has 0 aliphatic carbocycles. The van der Waals surface area contributed by atoms with Crippen LogP contribution in [0.25, 0.3) is 0 Å². The van der Waals surface area contributed by atoms with Gasteiger partial charge in [-0.05, 0) is 60.4 Å². The normalized spacial score (nSPS) is 15.8. The molecule has 192 valence electrons. The summed E-state index contributed by atoms with van der Waals surface area (Å²) < 4.78 is 27.4. The Morgan fingerprint density at radius 1 is 1.03 bits per heavy atom. The maximum Gasteiger partial charge on any atom is 0.223 e. The van der Waals surface area contributed by atoms with Crippen LogP contribution in [-0.4, -0.2) is 57.2 Å². The zero-order chi connectivity index (χ0) is 25.6. The standard InChI is InChI=1S/C25H43N5O3S/c1-16(2)20-13-21(17(3)4)23(22(14-20)18(5)6)34(32,33)15-30-11-7-19(8-12-30)24(31)28-9-10-29-25(26)27/h13-14,16-19H,7-12,15H2,1-6H3,(H,28,31)(H4,26,27,29). The third kappa shape index (κ3) is 7.43. The van der Waals surface area contributed by atoms with E-state index in [0.29, 0.717) is 49.8 Å².